The predicted octanol–water partition coefficient (Wildman–Crippen LogP) is 1.90. The van der Waals surface area contributed by atoms with E-state index in [1.807, 2.05) is 29.2 Å². The molecule has 2 aliphatic heterocycles. The highest BCUT2D eigenvalue weighted by Gasteiger charge is 2.34. The van der Waals surface area contributed by atoms with Crippen LogP contribution >= 0.6 is 0 Å². The van der Waals surface area contributed by atoms with E-state index in [2.05, 4.69) is 4.98 Å². The number of fused-ring (bicyclic) bond motifs is 1. The second kappa shape index (κ2) is 6.14. The van der Waals surface area contributed by atoms with Gasteiger partial charge in [0.05, 0.1) is 12.5 Å². The fraction of sp³-hybridized carbons (Fsp3) is 0.471. The number of carbonyl (C=O) groups is 2. The summed E-state index contributed by atoms with van der Waals surface area (Å²) >= 11 is 0. The summed E-state index contributed by atoms with van der Waals surface area (Å²) in [4.78, 5) is 30.1. The van der Waals surface area contributed by atoms with Gasteiger partial charge in [0.15, 0.2) is 5.58 Å². The lowest BCUT2D eigenvalue weighted by molar-refractivity contribution is -0.163. The minimum atomic E-state index is -0.729. The molecule has 4 rings (SSSR count). The van der Waals surface area contributed by atoms with Crippen LogP contribution in [0.15, 0.2) is 28.7 Å². The van der Waals surface area contributed by atoms with Crippen molar-refractivity contribution in [3.05, 3.63) is 24.3 Å². The fourth-order valence-electron chi connectivity index (χ4n) is 3.12. The predicted molar refractivity (Wildman–Crippen MR) is 84.4 cm³/mol. The van der Waals surface area contributed by atoms with Gasteiger partial charge < -0.3 is 18.8 Å². The van der Waals surface area contributed by atoms with E-state index in [9.17, 15) is 9.59 Å². The summed E-state index contributed by atoms with van der Waals surface area (Å²) in [5.41, 5.74) is 1.59. The highest BCUT2D eigenvalue weighted by atomic mass is 16.6. The molecule has 3 heterocycles. The Balaban J connectivity index is 1.36. The van der Waals surface area contributed by atoms with Gasteiger partial charge in [-0.25, -0.2) is 4.79 Å². The Kier molecular flexibility index (Phi) is 3.84. The molecule has 0 N–H and O–H groups in total. The van der Waals surface area contributed by atoms with Crippen LogP contribution < -0.4 is 4.90 Å². The summed E-state index contributed by atoms with van der Waals surface area (Å²) in [6.45, 7) is 1.66. The van der Waals surface area contributed by atoms with Gasteiger partial charge in [-0.2, -0.15) is 4.98 Å². The maximum atomic E-state index is 12.2. The van der Waals surface area contributed by atoms with Gasteiger partial charge in [0.2, 0.25) is 6.10 Å². The van der Waals surface area contributed by atoms with Gasteiger partial charge in [0, 0.05) is 19.5 Å². The molecule has 0 bridgehead atoms. The third-order valence-electron chi connectivity index (χ3n) is 4.53. The Morgan fingerprint density at radius 2 is 2.00 bits per heavy atom. The standard InChI is InChI=1S/C17H18N2O5/c20-15(23-14-7-10-22-16(14)21)11-5-8-19(9-6-11)17-18-12-3-1-2-4-13(12)24-17/h1-4,11,14H,5-10H2. The molecule has 7 nitrogen and oxygen atoms in total. The minimum absolute atomic E-state index is 0.195. The Hall–Kier alpha value is -2.57. The highest BCUT2D eigenvalue weighted by Crippen LogP contribution is 2.27. The van der Waals surface area contributed by atoms with Gasteiger partial charge in [-0.05, 0) is 25.0 Å². The Labute approximate surface area is 138 Å². The van der Waals surface area contributed by atoms with Crippen LogP contribution in [-0.4, -0.2) is 42.7 Å². The average Bonchev–Trinajstić information content (AvgIpc) is 3.21. The lowest BCUT2D eigenvalue weighted by Crippen LogP contribution is -2.38. The van der Waals surface area contributed by atoms with E-state index in [1.165, 1.54) is 0 Å². The quantitative estimate of drug-likeness (QED) is 0.795. The van der Waals surface area contributed by atoms with Gasteiger partial charge >= 0.3 is 11.9 Å². The number of esters is 2. The monoisotopic (exact) mass is 330 g/mol. The molecule has 1 atom stereocenters. The summed E-state index contributed by atoms with van der Waals surface area (Å²) in [5, 5.41) is 0. The minimum Gasteiger partial charge on any atom is -0.463 e. The van der Waals surface area contributed by atoms with Crippen molar-refractivity contribution in [2.75, 3.05) is 24.6 Å². The molecule has 2 aromatic rings. The molecule has 2 saturated heterocycles. The second-order valence-electron chi connectivity index (χ2n) is 6.11. The van der Waals surface area contributed by atoms with Crippen molar-refractivity contribution in [2.45, 2.75) is 25.4 Å². The van der Waals surface area contributed by atoms with Gasteiger partial charge in [-0.15, -0.1) is 0 Å². The third kappa shape index (κ3) is 2.81. The van der Waals surface area contributed by atoms with Crippen LogP contribution in [0.25, 0.3) is 11.1 Å². The van der Waals surface area contributed by atoms with Crippen LogP contribution in [0.4, 0.5) is 6.01 Å². The lowest BCUT2D eigenvalue weighted by atomic mass is 9.97. The van der Waals surface area contributed by atoms with Crippen molar-refractivity contribution in [3.63, 3.8) is 0 Å². The van der Waals surface area contributed by atoms with Crippen LogP contribution in [0.2, 0.25) is 0 Å². The van der Waals surface area contributed by atoms with Crippen LogP contribution in [0, 0.1) is 5.92 Å². The third-order valence-corrected chi connectivity index (χ3v) is 4.53. The van der Waals surface area contributed by atoms with Gasteiger partial charge in [0.25, 0.3) is 6.01 Å². The first-order valence-corrected chi connectivity index (χ1v) is 8.18. The Morgan fingerprint density at radius 1 is 1.21 bits per heavy atom. The molecular formula is C17H18N2O5. The number of benzene rings is 1. The molecule has 1 unspecified atom stereocenters. The largest absolute Gasteiger partial charge is 0.463 e. The smallest absolute Gasteiger partial charge is 0.347 e. The van der Waals surface area contributed by atoms with E-state index in [4.69, 9.17) is 13.9 Å². The molecule has 1 aromatic heterocycles. The zero-order valence-corrected chi connectivity index (χ0v) is 13.1. The van der Waals surface area contributed by atoms with Crippen molar-refractivity contribution in [3.8, 4) is 0 Å². The molecule has 24 heavy (non-hydrogen) atoms. The molecule has 1 aromatic carbocycles. The van der Waals surface area contributed by atoms with Crippen molar-refractivity contribution < 1.29 is 23.5 Å². The number of oxazole rings is 1. The Bertz CT molecular complexity index is 730. The number of piperidine rings is 1. The molecule has 7 heteroatoms. The topological polar surface area (TPSA) is 81.9 Å². The highest BCUT2D eigenvalue weighted by molar-refractivity contribution is 5.81. The molecule has 2 fully saturated rings. The summed E-state index contributed by atoms with van der Waals surface area (Å²) in [5.74, 6) is -0.942. The first kappa shape index (κ1) is 15.0. The molecular weight excluding hydrogens is 312 g/mol. The molecule has 0 spiro atoms. The molecule has 0 amide bonds. The van der Waals surface area contributed by atoms with E-state index >= 15 is 0 Å². The van der Waals surface area contributed by atoms with Crippen LogP contribution in [0.5, 0.6) is 0 Å². The summed E-state index contributed by atoms with van der Waals surface area (Å²) in [6, 6.07) is 8.21. The zero-order valence-electron chi connectivity index (χ0n) is 13.1. The van der Waals surface area contributed by atoms with Crippen molar-refractivity contribution in [2.24, 2.45) is 5.92 Å². The average molecular weight is 330 g/mol. The lowest BCUT2D eigenvalue weighted by Gasteiger charge is -2.29. The number of hydrogen-bond donors (Lipinski definition) is 0. The number of rotatable bonds is 3. The number of carbonyl (C=O) groups excluding carboxylic acids is 2. The summed E-state index contributed by atoms with van der Waals surface area (Å²) < 4.78 is 15.9. The molecule has 126 valence electrons. The zero-order chi connectivity index (χ0) is 16.5. The molecule has 0 aliphatic carbocycles. The Morgan fingerprint density at radius 3 is 2.71 bits per heavy atom. The molecule has 0 radical (unpaired) electrons. The van der Waals surface area contributed by atoms with E-state index in [0.717, 1.165) is 11.1 Å². The number of nitrogens with zero attached hydrogens (tertiary/aromatic N) is 2. The van der Waals surface area contributed by atoms with Gasteiger partial charge in [-0.3, -0.25) is 4.79 Å². The summed E-state index contributed by atoms with van der Waals surface area (Å²) in [6.07, 6.45) is 1.03. The maximum absolute atomic E-state index is 12.2. The molecule has 2 aliphatic rings. The van der Waals surface area contributed by atoms with Gasteiger partial charge in [-0.1, -0.05) is 12.1 Å². The summed E-state index contributed by atoms with van der Waals surface area (Å²) in [7, 11) is 0. The van der Waals surface area contributed by atoms with Crippen molar-refractivity contribution >= 4 is 29.1 Å². The van der Waals surface area contributed by atoms with Crippen LogP contribution in [-0.2, 0) is 19.1 Å². The maximum Gasteiger partial charge on any atom is 0.347 e. The first-order chi connectivity index (χ1) is 11.7. The van der Waals surface area contributed by atoms with Crippen molar-refractivity contribution in [1.29, 1.82) is 0 Å². The van der Waals surface area contributed by atoms with Crippen LogP contribution in [0.1, 0.15) is 19.3 Å². The number of cyclic esters (lactones) is 1. The number of anilines is 1. The van der Waals surface area contributed by atoms with Crippen LogP contribution in [0.3, 0.4) is 0 Å². The SMILES string of the molecule is O=C(OC1CCOC1=O)C1CCN(c2nc3ccccc3o2)CC1. The van der Waals surface area contributed by atoms with E-state index in [-0.39, 0.29) is 11.9 Å². The van der Waals surface area contributed by atoms with E-state index < -0.39 is 12.1 Å². The fourth-order valence-corrected chi connectivity index (χ4v) is 3.12. The van der Waals surface area contributed by atoms with E-state index in [1.54, 1.807) is 0 Å². The second-order valence-corrected chi connectivity index (χ2v) is 6.11. The van der Waals surface area contributed by atoms with Gasteiger partial charge in [0.1, 0.15) is 5.52 Å². The number of ether oxygens (including phenoxy) is 2. The first-order valence-electron chi connectivity index (χ1n) is 8.18. The number of para-hydroxylation sites is 2. The number of hydrogen-bond acceptors (Lipinski definition) is 7. The molecule has 0 saturated carbocycles. The van der Waals surface area contributed by atoms with Crippen molar-refractivity contribution in [1.82, 2.24) is 4.98 Å². The normalized spacial score (nSPS) is 21.9. The van der Waals surface area contributed by atoms with E-state index in [0.29, 0.717) is 45.0 Å². The number of aromatic nitrogens is 1.